The van der Waals surface area contributed by atoms with E-state index >= 15 is 0 Å². The lowest BCUT2D eigenvalue weighted by molar-refractivity contribution is 0.313. The zero-order chi connectivity index (χ0) is 44.8. The van der Waals surface area contributed by atoms with Crippen LogP contribution in [0, 0.1) is 35.0 Å². The van der Waals surface area contributed by atoms with E-state index in [0.29, 0.717) is 11.7 Å². The molecule has 0 radical (unpaired) electrons. The lowest BCUT2D eigenvalue weighted by Gasteiger charge is -2.57. The third-order valence-electron chi connectivity index (χ3n) is 16.6. The average molecular weight is 864 g/mol. The van der Waals surface area contributed by atoms with Gasteiger partial charge >= 0.3 is 0 Å². The number of hydrogen-bond donors (Lipinski definition) is 0. The summed E-state index contributed by atoms with van der Waals surface area (Å²) >= 11 is 0. The van der Waals surface area contributed by atoms with Gasteiger partial charge in [-0.2, -0.15) is 5.26 Å². The molecule has 6 unspecified atom stereocenters. The van der Waals surface area contributed by atoms with Gasteiger partial charge in [-0.25, -0.2) is 0 Å². The van der Waals surface area contributed by atoms with E-state index in [-0.39, 0.29) is 30.5 Å². The van der Waals surface area contributed by atoms with Gasteiger partial charge in [-0.1, -0.05) is 163 Å². The van der Waals surface area contributed by atoms with Gasteiger partial charge in [0, 0.05) is 58.2 Å². The number of nitriles is 1. The molecule has 0 amide bonds. The Bertz CT molecular complexity index is 3260. The first-order chi connectivity index (χ1) is 33.1. The zero-order valence-corrected chi connectivity index (χ0v) is 38.4. The van der Waals surface area contributed by atoms with Gasteiger partial charge < -0.3 is 9.80 Å². The highest BCUT2D eigenvalue weighted by molar-refractivity contribution is 6.77. The van der Waals surface area contributed by atoms with E-state index in [1.165, 1.54) is 83.4 Å². The average Bonchev–Trinajstić information content (AvgIpc) is 3.38. The minimum absolute atomic E-state index is 0.0772. The number of allylic oxidation sites excluding steroid dienone is 18. The normalized spacial score (nSPS) is 26.6. The third-order valence-corrected chi connectivity index (χ3v) is 16.6. The number of hydrogen-bond acceptors (Lipinski definition) is 3. The van der Waals surface area contributed by atoms with Crippen LogP contribution in [0.25, 0.3) is 11.1 Å². The summed E-state index contributed by atoms with van der Waals surface area (Å²) in [7, 11) is 0. The highest BCUT2D eigenvalue weighted by Gasteiger charge is 2.57. The van der Waals surface area contributed by atoms with Gasteiger partial charge in [-0.3, -0.25) is 0 Å². The van der Waals surface area contributed by atoms with Crippen molar-refractivity contribution in [3.8, 4) is 6.07 Å². The molecule has 0 N–H and O–H groups in total. The Morgan fingerprint density at radius 2 is 1.46 bits per heavy atom. The maximum Gasteiger partial charge on any atom is 0.213 e. The Morgan fingerprint density at radius 3 is 2.18 bits per heavy atom. The van der Waals surface area contributed by atoms with Crippen LogP contribution in [-0.4, -0.2) is 17.7 Å². The molecule has 6 atom stereocenters. The molecule has 0 fully saturated rings. The Kier molecular flexibility index (Phi) is 9.64. The molecule has 0 saturated carbocycles. The van der Waals surface area contributed by atoms with Gasteiger partial charge in [-0.05, 0) is 143 Å². The van der Waals surface area contributed by atoms with Crippen molar-refractivity contribution in [3.05, 3.63) is 260 Å². The Labute approximate surface area is 396 Å². The number of nitrogens with zero attached hydrogens (tertiary/aromatic N) is 3. The second-order valence-corrected chi connectivity index (χ2v) is 20.0. The monoisotopic (exact) mass is 863 g/mol. The van der Waals surface area contributed by atoms with Crippen molar-refractivity contribution in [2.45, 2.75) is 64.2 Å². The molecule has 0 aromatic heterocycles. The molecule has 9 aliphatic rings. The van der Waals surface area contributed by atoms with Crippen LogP contribution in [0.2, 0.25) is 5.82 Å². The number of fused-ring (bicyclic) bond motifs is 5. The van der Waals surface area contributed by atoms with E-state index in [9.17, 15) is 5.26 Å². The van der Waals surface area contributed by atoms with Gasteiger partial charge in [0.15, 0.2) is 0 Å². The van der Waals surface area contributed by atoms with Crippen LogP contribution in [0.5, 0.6) is 0 Å². The molecule has 2 heterocycles. The summed E-state index contributed by atoms with van der Waals surface area (Å²) in [4.78, 5) is 5.32. The van der Waals surface area contributed by atoms with Crippen LogP contribution in [0.1, 0.15) is 57.9 Å². The molecule has 13 rings (SSSR count). The van der Waals surface area contributed by atoms with Gasteiger partial charge in [-0.15, -0.1) is 0 Å². The molecule has 0 bridgehead atoms. The smallest absolute Gasteiger partial charge is 0.213 e. The number of rotatable bonds is 6. The maximum absolute atomic E-state index is 11.0. The van der Waals surface area contributed by atoms with Crippen LogP contribution in [0.4, 0.5) is 11.4 Å². The first-order valence-corrected chi connectivity index (χ1v) is 24.7. The molecular weight excluding hydrogens is 810 g/mol. The van der Waals surface area contributed by atoms with Gasteiger partial charge in [0.2, 0.25) is 6.71 Å². The topological polar surface area (TPSA) is 30.3 Å². The van der Waals surface area contributed by atoms with E-state index < -0.39 is 0 Å². The molecule has 3 nitrogen and oxygen atoms in total. The summed E-state index contributed by atoms with van der Waals surface area (Å²) in [6.07, 6.45) is 32.5. The number of para-hydroxylation sites is 2. The molecule has 7 aliphatic carbocycles. The predicted octanol–water partition coefficient (Wildman–Crippen LogP) is 13.0. The lowest BCUT2D eigenvalue weighted by Crippen LogP contribution is -2.56. The van der Waals surface area contributed by atoms with Gasteiger partial charge in [0.1, 0.15) is 0 Å². The molecule has 67 heavy (non-hydrogen) atoms. The van der Waals surface area contributed by atoms with Crippen LogP contribution in [0.3, 0.4) is 0 Å². The van der Waals surface area contributed by atoms with Crippen molar-refractivity contribution >= 4 is 29.2 Å². The SMILES string of the molecule is CC1=CCCC(C)=C1N1C2=C(C=C3C(c4ccccc4)=c4ccccc4=C(C4C=CC=CC4)C3C2)B2C3=C(C=C(C#N)CC31)C1C=CC=C3C(N(c4ccccc4)c4ccccc4)=CCC2C31. The van der Waals surface area contributed by atoms with Crippen LogP contribution in [-0.2, 0) is 0 Å². The molecular formula is C63H54BN3. The summed E-state index contributed by atoms with van der Waals surface area (Å²) in [5.41, 5.74) is 21.8. The standard InChI is InChI=1S/C63H54BN3/c1-40-19-17-20-41(2)63(40)67-57-38-52-51(59(43-21-7-3-8-22-43)47-29-15-16-30-48(47)60(52)44-23-9-4-10-24-44)37-55(57)64-54-33-34-56(66(45-25-11-5-12-26-45)46-27-13-6-14-28-46)50-32-18-31-49(61(50)54)53-35-42(39-65)36-58(67)62(53)64/h3-16,18-19,21-23,25-32,34-35,37,44,49,52,54,58,61H,17,20,24,33,36,38H2,1-2H3. The molecule has 4 aromatic carbocycles. The summed E-state index contributed by atoms with van der Waals surface area (Å²) in [5, 5.41) is 13.8. The van der Waals surface area contributed by atoms with Crippen molar-refractivity contribution in [2.75, 3.05) is 4.90 Å². The van der Waals surface area contributed by atoms with E-state index in [1.54, 1.807) is 11.0 Å². The Balaban J connectivity index is 1.08. The van der Waals surface area contributed by atoms with Crippen molar-refractivity contribution < 1.29 is 0 Å². The fourth-order valence-corrected chi connectivity index (χ4v) is 14.1. The molecule has 324 valence electrons. The van der Waals surface area contributed by atoms with Crippen LogP contribution in [0.15, 0.2) is 244 Å². The molecule has 0 saturated heterocycles. The predicted molar refractivity (Wildman–Crippen MR) is 276 cm³/mol. The van der Waals surface area contributed by atoms with Gasteiger partial charge in [0.05, 0.1) is 12.1 Å². The van der Waals surface area contributed by atoms with Crippen LogP contribution >= 0.6 is 0 Å². The summed E-state index contributed by atoms with van der Waals surface area (Å²) in [5.74, 6) is 1.28. The largest absolute Gasteiger partial charge is 0.339 e. The van der Waals surface area contributed by atoms with Crippen molar-refractivity contribution in [1.82, 2.24) is 4.90 Å². The summed E-state index contributed by atoms with van der Waals surface area (Å²) in [6.45, 7) is 4.93. The van der Waals surface area contributed by atoms with Crippen LogP contribution < -0.4 is 15.3 Å². The first kappa shape index (κ1) is 40.2. The van der Waals surface area contributed by atoms with E-state index in [1.807, 2.05) is 0 Å². The molecule has 0 spiro atoms. The lowest BCUT2D eigenvalue weighted by atomic mass is 9.22. The van der Waals surface area contributed by atoms with E-state index in [4.69, 9.17) is 0 Å². The van der Waals surface area contributed by atoms with Crippen molar-refractivity contribution in [1.29, 1.82) is 5.26 Å². The minimum Gasteiger partial charge on any atom is -0.339 e. The number of anilines is 2. The fourth-order valence-electron chi connectivity index (χ4n) is 14.1. The van der Waals surface area contributed by atoms with Crippen molar-refractivity contribution in [2.24, 2.45) is 23.7 Å². The molecule has 4 heteroatoms. The third kappa shape index (κ3) is 6.24. The highest BCUT2D eigenvalue weighted by Crippen LogP contribution is 2.62. The van der Waals surface area contributed by atoms with Crippen molar-refractivity contribution in [3.63, 3.8) is 0 Å². The molecule has 2 aliphatic heterocycles. The zero-order valence-electron chi connectivity index (χ0n) is 38.4. The van der Waals surface area contributed by atoms with Gasteiger partial charge in [0.25, 0.3) is 0 Å². The summed E-state index contributed by atoms with van der Waals surface area (Å²) in [6, 6.07) is 45.2. The first-order valence-electron chi connectivity index (χ1n) is 24.7. The fraction of sp³-hybridized carbons (Fsp3) is 0.222. The highest BCUT2D eigenvalue weighted by atomic mass is 15.2. The Hall–Kier alpha value is -7.09. The van der Waals surface area contributed by atoms with E-state index in [2.05, 4.69) is 212 Å². The second-order valence-electron chi connectivity index (χ2n) is 20.0. The summed E-state index contributed by atoms with van der Waals surface area (Å²) < 4.78 is 0. The maximum atomic E-state index is 11.0. The molecule has 4 aromatic rings. The minimum atomic E-state index is 0.0772. The second kappa shape index (κ2) is 16.1. The quantitative estimate of drug-likeness (QED) is 0.181. The Morgan fingerprint density at radius 1 is 0.731 bits per heavy atom. The van der Waals surface area contributed by atoms with E-state index in [0.717, 1.165) is 44.1 Å². The number of benzene rings is 4.